The minimum absolute atomic E-state index is 0.0933. The first kappa shape index (κ1) is 16.9. The maximum Gasteiger partial charge on any atom is 0.307 e. The molecule has 0 spiro atoms. The summed E-state index contributed by atoms with van der Waals surface area (Å²) in [5, 5.41) is 26.6. The highest BCUT2D eigenvalue weighted by Gasteiger charge is 2.35. The lowest BCUT2D eigenvalue weighted by Crippen LogP contribution is -2.34. The Morgan fingerprint density at radius 2 is 1.78 bits per heavy atom. The first-order valence-corrected chi connectivity index (χ1v) is 5.85. The van der Waals surface area contributed by atoms with E-state index in [9.17, 15) is 9.59 Å². The van der Waals surface area contributed by atoms with Crippen molar-refractivity contribution >= 4 is 11.9 Å². The zero-order valence-electron chi connectivity index (χ0n) is 11.0. The summed E-state index contributed by atoms with van der Waals surface area (Å²) < 4.78 is 5.18. The van der Waals surface area contributed by atoms with Gasteiger partial charge in [0.1, 0.15) is 0 Å². The summed E-state index contributed by atoms with van der Waals surface area (Å²) in [6.07, 6.45) is 0.210. The molecule has 0 aromatic carbocycles. The molecule has 0 aliphatic carbocycles. The monoisotopic (exact) mass is 262 g/mol. The molecule has 0 rings (SSSR count). The molecule has 0 heterocycles. The smallest absolute Gasteiger partial charge is 0.307 e. The Labute approximate surface area is 107 Å². The van der Waals surface area contributed by atoms with Crippen LogP contribution in [0.25, 0.3) is 0 Å². The van der Waals surface area contributed by atoms with E-state index in [1.165, 1.54) is 6.92 Å². The van der Waals surface area contributed by atoms with Gasteiger partial charge in [-0.05, 0) is 11.8 Å². The van der Waals surface area contributed by atoms with Crippen LogP contribution in [0.4, 0.5) is 0 Å². The molecule has 3 N–H and O–H groups in total. The summed E-state index contributed by atoms with van der Waals surface area (Å²) in [5.41, 5.74) is -0.456. The number of hydrogen-bond acceptors (Lipinski definition) is 4. The van der Waals surface area contributed by atoms with Crippen molar-refractivity contribution in [2.24, 2.45) is 17.3 Å². The first-order valence-electron chi connectivity index (χ1n) is 5.85. The SMILES string of the molecule is CC(C(=O)O)C(CC(C)(C)COCCO)C(=O)O. The molecule has 2 unspecified atom stereocenters. The maximum absolute atomic E-state index is 11.1. The third-order valence-corrected chi connectivity index (χ3v) is 2.81. The number of carbonyl (C=O) groups is 2. The summed E-state index contributed by atoms with van der Waals surface area (Å²) in [6, 6.07) is 0. The van der Waals surface area contributed by atoms with Gasteiger partial charge in [-0.1, -0.05) is 20.8 Å². The van der Waals surface area contributed by atoms with Gasteiger partial charge < -0.3 is 20.1 Å². The Balaban J connectivity index is 4.56. The summed E-state index contributed by atoms with van der Waals surface area (Å²) in [7, 11) is 0. The number of carboxylic acids is 2. The minimum atomic E-state index is -1.12. The Kier molecular flexibility index (Phi) is 6.86. The average molecular weight is 262 g/mol. The highest BCUT2D eigenvalue weighted by atomic mass is 16.5. The van der Waals surface area contributed by atoms with Crippen LogP contribution in [0.5, 0.6) is 0 Å². The Morgan fingerprint density at radius 3 is 2.17 bits per heavy atom. The standard InChI is InChI=1S/C12H22O6/c1-8(10(14)15)9(11(16)17)6-12(2,3)7-18-5-4-13/h8-9,13H,4-7H2,1-3H3,(H,14,15)(H,16,17). The Morgan fingerprint density at radius 1 is 1.22 bits per heavy atom. The fourth-order valence-electron chi connectivity index (χ4n) is 1.72. The lowest BCUT2D eigenvalue weighted by atomic mass is 9.78. The van der Waals surface area contributed by atoms with E-state index < -0.39 is 29.2 Å². The van der Waals surface area contributed by atoms with Crippen molar-refractivity contribution in [1.82, 2.24) is 0 Å². The zero-order chi connectivity index (χ0) is 14.3. The van der Waals surface area contributed by atoms with Crippen LogP contribution in [0.15, 0.2) is 0 Å². The maximum atomic E-state index is 11.1. The Hall–Kier alpha value is -1.14. The van der Waals surface area contributed by atoms with E-state index in [1.54, 1.807) is 0 Å². The second-order valence-electron chi connectivity index (χ2n) is 5.22. The predicted octanol–water partition coefficient (Wildman–Crippen LogP) is 0.833. The van der Waals surface area contributed by atoms with Crippen LogP contribution >= 0.6 is 0 Å². The van der Waals surface area contributed by atoms with E-state index in [0.717, 1.165) is 0 Å². The number of aliphatic hydroxyl groups excluding tert-OH is 1. The van der Waals surface area contributed by atoms with E-state index in [-0.39, 0.29) is 26.2 Å². The van der Waals surface area contributed by atoms with E-state index in [4.69, 9.17) is 20.1 Å². The van der Waals surface area contributed by atoms with Gasteiger partial charge in [0.25, 0.3) is 0 Å². The molecule has 0 amide bonds. The lowest BCUT2D eigenvalue weighted by molar-refractivity contribution is -0.154. The highest BCUT2D eigenvalue weighted by molar-refractivity contribution is 5.79. The van der Waals surface area contributed by atoms with E-state index in [1.807, 2.05) is 13.8 Å². The van der Waals surface area contributed by atoms with Crippen LogP contribution in [0.2, 0.25) is 0 Å². The molecule has 2 atom stereocenters. The molecule has 0 saturated carbocycles. The van der Waals surface area contributed by atoms with Crippen LogP contribution in [-0.2, 0) is 14.3 Å². The van der Waals surface area contributed by atoms with Gasteiger partial charge in [0, 0.05) is 0 Å². The zero-order valence-corrected chi connectivity index (χ0v) is 11.0. The summed E-state index contributed by atoms with van der Waals surface area (Å²) in [5.74, 6) is -4.12. The van der Waals surface area contributed by atoms with Crippen molar-refractivity contribution in [2.45, 2.75) is 27.2 Å². The molecular formula is C12H22O6. The highest BCUT2D eigenvalue weighted by Crippen LogP contribution is 2.30. The summed E-state index contributed by atoms with van der Waals surface area (Å²) in [6.45, 7) is 5.40. The molecule has 0 aliphatic rings. The summed E-state index contributed by atoms with van der Waals surface area (Å²) in [4.78, 5) is 22.0. The van der Waals surface area contributed by atoms with Crippen molar-refractivity contribution in [1.29, 1.82) is 0 Å². The van der Waals surface area contributed by atoms with Crippen LogP contribution in [0.1, 0.15) is 27.2 Å². The first-order chi connectivity index (χ1) is 8.21. The van der Waals surface area contributed by atoms with Gasteiger partial charge in [0.15, 0.2) is 0 Å². The average Bonchev–Trinajstić information content (AvgIpc) is 2.24. The van der Waals surface area contributed by atoms with Gasteiger partial charge in [-0.25, -0.2) is 0 Å². The van der Waals surface area contributed by atoms with E-state index in [0.29, 0.717) is 0 Å². The number of carboxylic acid groups (broad SMARTS) is 2. The fraction of sp³-hybridized carbons (Fsp3) is 0.833. The number of hydrogen-bond donors (Lipinski definition) is 3. The molecular weight excluding hydrogens is 240 g/mol. The second kappa shape index (κ2) is 7.33. The molecule has 106 valence electrons. The van der Waals surface area contributed by atoms with Crippen molar-refractivity contribution in [3.63, 3.8) is 0 Å². The van der Waals surface area contributed by atoms with Crippen molar-refractivity contribution in [2.75, 3.05) is 19.8 Å². The molecule has 0 aromatic heterocycles. The molecule has 0 bridgehead atoms. The molecule has 18 heavy (non-hydrogen) atoms. The van der Waals surface area contributed by atoms with Gasteiger partial charge in [0.2, 0.25) is 0 Å². The van der Waals surface area contributed by atoms with Gasteiger partial charge in [0.05, 0.1) is 31.7 Å². The van der Waals surface area contributed by atoms with Gasteiger partial charge in [-0.2, -0.15) is 0 Å². The third kappa shape index (κ3) is 5.97. The topological polar surface area (TPSA) is 104 Å². The molecule has 0 aliphatic heterocycles. The molecule has 0 aromatic rings. The molecule has 0 saturated heterocycles. The molecule has 0 fully saturated rings. The molecule has 6 heteroatoms. The number of aliphatic hydroxyl groups is 1. The molecule has 6 nitrogen and oxygen atoms in total. The second-order valence-corrected chi connectivity index (χ2v) is 5.22. The number of ether oxygens (including phenoxy) is 1. The van der Waals surface area contributed by atoms with Crippen molar-refractivity contribution < 1.29 is 29.6 Å². The van der Waals surface area contributed by atoms with Crippen molar-refractivity contribution in [3.8, 4) is 0 Å². The third-order valence-electron chi connectivity index (χ3n) is 2.81. The summed E-state index contributed by atoms with van der Waals surface area (Å²) >= 11 is 0. The predicted molar refractivity (Wildman–Crippen MR) is 64.2 cm³/mol. The van der Waals surface area contributed by atoms with Gasteiger partial charge in [-0.3, -0.25) is 9.59 Å². The normalized spacial score (nSPS) is 15.1. The van der Waals surface area contributed by atoms with Crippen molar-refractivity contribution in [3.05, 3.63) is 0 Å². The van der Waals surface area contributed by atoms with Crippen LogP contribution in [0.3, 0.4) is 0 Å². The minimum Gasteiger partial charge on any atom is -0.481 e. The van der Waals surface area contributed by atoms with Crippen LogP contribution in [-0.4, -0.2) is 47.1 Å². The quantitative estimate of drug-likeness (QED) is 0.532. The fourth-order valence-corrected chi connectivity index (χ4v) is 1.72. The molecule has 0 radical (unpaired) electrons. The number of aliphatic carboxylic acids is 2. The lowest BCUT2D eigenvalue weighted by Gasteiger charge is -2.29. The van der Waals surface area contributed by atoms with E-state index >= 15 is 0 Å². The Bertz CT molecular complexity index is 286. The van der Waals surface area contributed by atoms with Gasteiger partial charge >= 0.3 is 11.9 Å². The number of rotatable bonds is 9. The van der Waals surface area contributed by atoms with Crippen LogP contribution in [0, 0.1) is 17.3 Å². The largest absolute Gasteiger partial charge is 0.481 e. The van der Waals surface area contributed by atoms with E-state index in [2.05, 4.69) is 0 Å². The van der Waals surface area contributed by atoms with Crippen LogP contribution < -0.4 is 0 Å². The van der Waals surface area contributed by atoms with Gasteiger partial charge in [-0.15, -0.1) is 0 Å².